The van der Waals surface area contributed by atoms with Crippen LogP contribution in [-0.2, 0) is 13.0 Å². The molecule has 1 aromatic heterocycles. The largest absolute Gasteiger partial charge is 0.366 e. The van der Waals surface area contributed by atoms with Gasteiger partial charge in [0.25, 0.3) is 0 Å². The monoisotopic (exact) mass is 466 g/mol. The second-order valence-corrected chi connectivity index (χ2v) is 9.95. The lowest BCUT2D eigenvalue weighted by Gasteiger charge is -2.32. The summed E-state index contributed by atoms with van der Waals surface area (Å²) < 4.78 is 0. The lowest BCUT2D eigenvalue weighted by Crippen LogP contribution is -2.43. The van der Waals surface area contributed by atoms with Gasteiger partial charge in [0.05, 0.1) is 0 Å². The van der Waals surface area contributed by atoms with Crippen LogP contribution in [0.5, 0.6) is 0 Å². The highest BCUT2D eigenvalue weighted by atomic mass is 16.1. The molecular formula is C30H34N4O. The number of hydrogen-bond acceptors (Lipinski definition) is 4. The number of aromatic nitrogens is 1. The van der Waals surface area contributed by atoms with Gasteiger partial charge in [-0.25, -0.2) is 0 Å². The molecule has 0 unspecified atom stereocenters. The van der Waals surface area contributed by atoms with Crippen molar-refractivity contribution in [2.75, 3.05) is 33.2 Å². The Morgan fingerprint density at radius 1 is 0.914 bits per heavy atom. The molecular weight excluding hydrogens is 432 g/mol. The van der Waals surface area contributed by atoms with Gasteiger partial charge in [-0.15, -0.1) is 0 Å². The summed E-state index contributed by atoms with van der Waals surface area (Å²) in [6, 6.07) is 18.9. The number of carbonyl (C=O) groups excluding carboxylic acids is 1. The van der Waals surface area contributed by atoms with E-state index in [4.69, 9.17) is 10.7 Å². The highest BCUT2D eigenvalue weighted by molar-refractivity contribution is 5.94. The minimum absolute atomic E-state index is 0.399. The molecule has 0 bridgehead atoms. The summed E-state index contributed by atoms with van der Waals surface area (Å²) in [5.41, 5.74) is 15.7. The van der Waals surface area contributed by atoms with Crippen molar-refractivity contribution >= 4 is 11.5 Å². The lowest BCUT2D eigenvalue weighted by atomic mass is 9.91. The quantitative estimate of drug-likeness (QED) is 0.589. The minimum atomic E-state index is -0.399. The Bertz CT molecular complexity index is 1240. The first-order valence-electron chi connectivity index (χ1n) is 12.6. The van der Waals surface area contributed by atoms with Crippen molar-refractivity contribution in [3.05, 3.63) is 94.3 Å². The van der Waals surface area contributed by atoms with E-state index in [9.17, 15) is 4.79 Å². The fraction of sp³-hybridized carbons (Fsp3) is 0.333. The summed E-state index contributed by atoms with van der Waals surface area (Å²) in [4.78, 5) is 21.4. The third kappa shape index (κ3) is 5.21. The van der Waals surface area contributed by atoms with Crippen molar-refractivity contribution in [1.29, 1.82) is 0 Å². The fourth-order valence-corrected chi connectivity index (χ4v) is 5.21. The van der Waals surface area contributed by atoms with Gasteiger partial charge in [0.15, 0.2) is 0 Å². The van der Waals surface area contributed by atoms with Crippen LogP contribution in [0.4, 0.5) is 0 Å². The molecule has 5 heteroatoms. The van der Waals surface area contributed by atoms with Crippen molar-refractivity contribution in [2.24, 2.45) is 5.73 Å². The molecule has 0 spiro atoms. The molecule has 0 saturated carbocycles. The zero-order valence-electron chi connectivity index (χ0n) is 20.8. The molecule has 1 aliphatic carbocycles. The first kappa shape index (κ1) is 23.5. The summed E-state index contributed by atoms with van der Waals surface area (Å²) in [5, 5.41) is 0. The average molecular weight is 467 g/mol. The van der Waals surface area contributed by atoms with Crippen molar-refractivity contribution in [3.63, 3.8) is 0 Å². The minimum Gasteiger partial charge on any atom is -0.366 e. The van der Waals surface area contributed by atoms with E-state index in [0.717, 1.165) is 68.8 Å². The van der Waals surface area contributed by atoms with Crippen molar-refractivity contribution in [2.45, 2.75) is 32.7 Å². The average Bonchev–Trinajstić information content (AvgIpc) is 3.03. The number of hydrogen-bond donors (Lipinski definition) is 1. The van der Waals surface area contributed by atoms with Crippen LogP contribution in [0.15, 0.2) is 66.4 Å². The Balaban J connectivity index is 1.43. The Kier molecular flexibility index (Phi) is 6.80. The van der Waals surface area contributed by atoms with Gasteiger partial charge in [0.1, 0.15) is 0 Å². The summed E-state index contributed by atoms with van der Waals surface area (Å²) in [6.45, 7) is 7.75. The van der Waals surface area contributed by atoms with E-state index in [2.05, 4.69) is 54.1 Å². The van der Waals surface area contributed by atoms with Gasteiger partial charge in [0.2, 0.25) is 5.91 Å². The molecule has 1 saturated heterocycles. The number of carbonyl (C=O) groups is 1. The number of nitrogens with zero attached hydrogens (tertiary/aromatic N) is 3. The Morgan fingerprint density at radius 3 is 2.29 bits per heavy atom. The number of pyridine rings is 1. The van der Waals surface area contributed by atoms with Crippen LogP contribution >= 0.6 is 0 Å². The van der Waals surface area contributed by atoms with E-state index < -0.39 is 5.91 Å². The lowest BCUT2D eigenvalue weighted by molar-refractivity contribution is 0.100. The highest BCUT2D eigenvalue weighted by Gasteiger charge is 2.19. The Labute approximate surface area is 208 Å². The Morgan fingerprint density at radius 2 is 1.60 bits per heavy atom. The molecule has 1 fully saturated rings. The number of fused-ring (bicyclic) bond motifs is 1. The fourth-order valence-electron chi connectivity index (χ4n) is 5.21. The van der Waals surface area contributed by atoms with Crippen LogP contribution in [0, 0.1) is 0 Å². The number of piperazine rings is 1. The van der Waals surface area contributed by atoms with Crippen LogP contribution in [-0.4, -0.2) is 53.9 Å². The molecule has 2 aromatic carbocycles. The SMILES string of the molecule is CC1=C(c2ccc(C(N)=O)cc2)c2cc(-c3ccc(CN4CCN(C)CC4)cc3)cnc2CCC1. The molecule has 35 heavy (non-hydrogen) atoms. The van der Waals surface area contributed by atoms with Gasteiger partial charge in [-0.05, 0) is 73.7 Å². The summed E-state index contributed by atoms with van der Waals surface area (Å²) >= 11 is 0. The zero-order chi connectivity index (χ0) is 24.4. The number of aryl methyl sites for hydroxylation is 1. The van der Waals surface area contributed by atoms with Crippen molar-refractivity contribution < 1.29 is 4.79 Å². The molecule has 0 radical (unpaired) electrons. The number of rotatable bonds is 5. The molecule has 1 aliphatic heterocycles. The van der Waals surface area contributed by atoms with Crippen molar-refractivity contribution in [1.82, 2.24) is 14.8 Å². The summed E-state index contributed by atoms with van der Waals surface area (Å²) in [5.74, 6) is -0.399. The molecule has 1 amide bonds. The number of allylic oxidation sites excluding steroid dienone is 1. The van der Waals surface area contributed by atoms with Crippen LogP contribution in [0.2, 0.25) is 0 Å². The molecule has 2 heterocycles. The number of likely N-dealkylation sites (N-methyl/N-ethyl adjacent to an activating group) is 1. The summed E-state index contributed by atoms with van der Waals surface area (Å²) in [6.07, 6.45) is 5.12. The number of nitrogens with two attached hydrogens (primary N) is 1. The second kappa shape index (κ2) is 10.1. The molecule has 5 nitrogen and oxygen atoms in total. The van der Waals surface area contributed by atoms with E-state index in [1.807, 2.05) is 30.5 Å². The third-order valence-corrected chi connectivity index (χ3v) is 7.38. The number of amides is 1. The maximum atomic E-state index is 11.6. The van der Waals surface area contributed by atoms with E-state index in [1.165, 1.54) is 27.8 Å². The van der Waals surface area contributed by atoms with E-state index in [-0.39, 0.29) is 0 Å². The normalized spacial score (nSPS) is 17.2. The van der Waals surface area contributed by atoms with Crippen LogP contribution in [0.3, 0.4) is 0 Å². The van der Waals surface area contributed by atoms with Gasteiger partial charge >= 0.3 is 0 Å². The van der Waals surface area contributed by atoms with Crippen molar-refractivity contribution in [3.8, 4) is 11.1 Å². The molecule has 2 aliphatic rings. The van der Waals surface area contributed by atoms with E-state index in [1.54, 1.807) is 0 Å². The number of benzene rings is 2. The molecule has 5 rings (SSSR count). The van der Waals surface area contributed by atoms with Crippen LogP contribution < -0.4 is 5.73 Å². The maximum Gasteiger partial charge on any atom is 0.248 e. The zero-order valence-corrected chi connectivity index (χ0v) is 20.8. The summed E-state index contributed by atoms with van der Waals surface area (Å²) in [7, 11) is 2.19. The van der Waals surface area contributed by atoms with Gasteiger partial charge in [-0.3, -0.25) is 14.7 Å². The number of primary amides is 1. The first-order chi connectivity index (χ1) is 17.0. The standard InChI is InChI=1S/C30H34N4O/c1-21-4-3-5-28-27(29(21)24-10-12-25(13-11-24)30(31)35)18-26(19-32-28)23-8-6-22(7-9-23)20-34-16-14-33(2)15-17-34/h6-13,18-19H,3-5,14-17,20H2,1-2H3,(H2,31,35). The predicted octanol–water partition coefficient (Wildman–Crippen LogP) is 4.75. The van der Waals surface area contributed by atoms with Gasteiger partial charge in [-0.2, -0.15) is 0 Å². The van der Waals surface area contributed by atoms with Crippen LogP contribution in [0.25, 0.3) is 16.7 Å². The highest BCUT2D eigenvalue weighted by Crippen LogP contribution is 2.36. The molecule has 180 valence electrons. The maximum absolute atomic E-state index is 11.6. The predicted molar refractivity (Wildman–Crippen MR) is 142 cm³/mol. The van der Waals surface area contributed by atoms with Gasteiger partial charge in [0, 0.05) is 61.3 Å². The van der Waals surface area contributed by atoms with E-state index in [0.29, 0.717) is 5.56 Å². The topological polar surface area (TPSA) is 62.5 Å². The Hall–Kier alpha value is -3.28. The van der Waals surface area contributed by atoms with E-state index >= 15 is 0 Å². The smallest absolute Gasteiger partial charge is 0.248 e. The second-order valence-electron chi connectivity index (χ2n) is 9.95. The van der Waals surface area contributed by atoms with Gasteiger partial charge in [-0.1, -0.05) is 42.0 Å². The van der Waals surface area contributed by atoms with Gasteiger partial charge < -0.3 is 10.6 Å². The molecule has 2 N–H and O–H groups in total. The first-order valence-corrected chi connectivity index (χ1v) is 12.6. The van der Waals surface area contributed by atoms with Crippen LogP contribution in [0.1, 0.15) is 52.5 Å². The third-order valence-electron chi connectivity index (χ3n) is 7.38. The molecule has 3 aromatic rings. The molecule has 0 atom stereocenters.